The van der Waals surface area contributed by atoms with Crippen LogP contribution >= 0.6 is 15.9 Å². The largest absolute Gasteiger partial charge is 0.288 e. The molecule has 4 unspecified atom stereocenters. The molecular weight excluding hydrogens is 401 g/mol. The molecule has 1 nitrogen and oxygen atoms in total. The lowest BCUT2D eigenvalue weighted by atomic mass is 9.66. The predicted octanol–water partition coefficient (Wildman–Crippen LogP) is 6.39. The van der Waals surface area contributed by atoms with Gasteiger partial charge in [0.05, 0.1) is 0 Å². The minimum absolute atomic E-state index is 0.153. The normalized spacial score (nSPS) is 32.3. The van der Waals surface area contributed by atoms with E-state index in [-0.39, 0.29) is 16.6 Å². The summed E-state index contributed by atoms with van der Waals surface area (Å²) in [6.07, 6.45) is 1.01. The third kappa shape index (κ3) is 2.08. The average molecular weight is 426 g/mol. The number of benzene rings is 2. The summed E-state index contributed by atoms with van der Waals surface area (Å²) in [5.74, 6) is 0.464. The van der Waals surface area contributed by atoms with Crippen molar-refractivity contribution in [3.63, 3.8) is 0 Å². The predicted molar refractivity (Wildman–Crippen MR) is 111 cm³/mol. The maximum absolute atomic E-state index is 13.8. The molecule has 2 aromatic rings. The van der Waals surface area contributed by atoms with Gasteiger partial charge >= 0.3 is 0 Å². The van der Waals surface area contributed by atoms with Gasteiger partial charge in [-0.25, -0.2) is 4.39 Å². The van der Waals surface area contributed by atoms with Gasteiger partial charge in [0, 0.05) is 28.5 Å². The molecule has 1 saturated heterocycles. The van der Waals surface area contributed by atoms with E-state index >= 15 is 0 Å². The monoisotopic (exact) mass is 425 g/mol. The Bertz CT molecular complexity index is 965. The summed E-state index contributed by atoms with van der Waals surface area (Å²) < 4.78 is 15.0. The van der Waals surface area contributed by atoms with Crippen LogP contribution in [-0.2, 0) is 12.0 Å². The zero-order chi connectivity index (χ0) is 19.1. The summed E-state index contributed by atoms with van der Waals surface area (Å²) in [5.41, 5.74) is 5.74. The second-order valence-electron chi connectivity index (χ2n) is 9.21. The van der Waals surface area contributed by atoms with Crippen LogP contribution in [0.1, 0.15) is 49.9 Å². The maximum atomic E-state index is 13.8. The molecule has 27 heavy (non-hydrogen) atoms. The highest BCUT2D eigenvalue weighted by molar-refractivity contribution is 9.10. The molecule has 0 amide bonds. The number of likely N-dealkylation sites (tertiary alicyclic amines) is 1. The molecule has 1 heterocycles. The van der Waals surface area contributed by atoms with Gasteiger partial charge in [0.2, 0.25) is 0 Å². The first-order chi connectivity index (χ1) is 12.8. The molecule has 2 aliphatic carbocycles. The van der Waals surface area contributed by atoms with Crippen LogP contribution in [-0.4, -0.2) is 10.9 Å². The summed E-state index contributed by atoms with van der Waals surface area (Å²) in [7, 11) is 0. The van der Waals surface area contributed by atoms with E-state index in [0.717, 1.165) is 18.5 Å². The van der Waals surface area contributed by atoms with E-state index < -0.39 is 0 Å². The minimum atomic E-state index is -0.153. The van der Waals surface area contributed by atoms with Gasteiger partial charge in [-0.15, -0.1) is 6.58 Å². The number of hydrogen-bond donors (Lipinski definition) is 0. The van der Waals surface area contributed by atoms with Crippen molar-refractivity contribution in [3.8, 4) is 0 Å². The van der Waals surface area contributed by atoms with Crippen molar-refractivity contribution < 1.29 is 4.39 Å². The van der Waals surface area contributed by atoms with Gasteiger partial charge in [-0.1, -0.05) is 59.6 Å². The first-order valence-electron chi connectivity index (χ1n) is 9.73. The number of hydrogen-bond acceptors (Lipinski definition) is 1. The summed E-state index contributed by atoms with van der Waals surface area (Å²) in [5, 5.41) is 0. The lowest BCUT2D eigenvalue weighted by Crippen LogP contribution is -2.46. The summed E-state index contributed by atoms with van der Waals surface area (Å²) in [6.45, 7) is 12.0. The lowest BCUT2D eigenvalue weighted by Gasteiger charge is -2.48. The van der Waals surface area contributed by atoms with Gasteiger partial charge in [0.1, 0.15) is 5.82 Å². The Morgan fingerprint density at radius 1 is 1.22 bits per heavy atom. The number of piperidine rings is 1. The van der Waals surface area contributed by atoms with Gasteiger partial charge in [0.25, 0.3) is 0 Å². The Labute approximate surface area is 169 Å². The van der Waals surface area contributed by atoms with Crippen LogP contribution in [0.2, 0.25) is 0 Å². The average Bonchev–Trinajstić information content (AvgIpc) is 2.99. The second-order valence-corrected chi connectivity index (χ2v) is 10.1. The molecule has 0 bridgehead atoms. The fourth-order valence-electron chi connectivity index (χ4n) is 6.60. The SMILES string of the molecule is C=C(C)CC1C2C(C)(C)C23c2c(Br)cccc2C3N1Cc1cccc(F)c1. The molecule has 3 heteroatoms. The van der Waals surface area contributed by atoms with Crippen molar-refractivity contribution in [1.29, 1.82) is 0 Å². The minimum Gasteiger partial charge on any atom is -0.288 e. The lowest BCUT2D eigenvalue weighted by molar-refractivity contribution is 0.0894. The Morgan fingerprint density at radius 3 is 2.67 bits per heavy atom. The van der Waals surface area contributed by atoms with Crippen LogP contribution in [0, 0.1) is 17.2 Å². The summed E-state index contributed by atoms with van der Waals surface area (Å²) in [6, 6.07) is 14.5. The van der Waals surface area contributed by atoms with Crippen LogP contribution in [0.5, 0.6) is 0 Å². The van der Waals surface area contributed by atoms with E-state index in [1.807, 2.05) is 12.1 Å². The Morgan fingerprint density at radius 2 is 1.96 bits per heavy atom. The van der Waals surface area contributed by atoms with Gasteiger partial charge in [-0.2, -0.15) is 0 Å². The van der Waals surface area contributed by atoms with Crippen molar-refractivity contribution in [2.75, 3.05) is 0 Å². The molecule has 0 radical (unpaired) electrons. The highest BCUT2D eigenvalue weighted by Crippen LogP contribution is 2.87. The molecule has 4 atom stereocenters. The van der Waals surface area contributed by atoms with Crippen molar-refractivity contribution in [3.05, 3.63) is 81.6 Å². The van der Waals surface area contributed by atoms with Gasteiger partial charge in [0.15, 0.2) is 0 Å². The Hall–Kier alpha value is -1.45. The van der Waals surface area contributed by atoms with Crippen LogP contribution in [0.15, 0.2) is 59.1 Å². The van der Waals surface area contributed by atoms with Gasteiger partial charge in [-0.05, 0) is 59.6 Å². The zero-order valence-corrected chi connectivity index (χ0v) is 17.7. The van der Waals surface area contributed by atoms with Crippen molar-refractivity contribution in [1.82, 2.24) is 4.90 Å². The third-order valence-corrected chi connectivity index (χ3v) is 8.05. The van der Waals surface area contributed by atoms with Crippen molar-refractivity contribution in [2.45, 2.75) is 51.2 Å². The number of rotatable bonds is 4. The van der Waals surface area contributed by atoms with Crippen LogP contribution < -0.4 is 0 Å². The zero-order valence-electron chi connectivity index (χ0n) is 16.1. The second kappa shape index (κ2) is 5.55. The van der Waals surface area contributed by atoms with E-state index in [1.165, 1.54) is 27.2 Å². The standard InChI is InChI=1S/C24H25BrFN/c1-14(2)11-19-21-23(3,4)24(21)20-17(9-6-10-18(20)25)22(24)27(19)13-15-7-5-8-16(26)12-15/h5-10,12,19,21-22H,1,11,13H2,2-4H3. The number of nitrogens with zero attached hydrogens (tertiary/aromatic N) is 1. The smallest absolute Gasteiger partial charge is 0.123 e. The van der Waals surface area contributed by atoms with Crippen molar-refractivity contribution in [2.24, 2.45) is 11.3 Å². The van der Waals surface area contributed by atoms with Crippen molar-refractivity contribution >= 4 is 15.9 Å². The maximum Gasteiger partial charge on any atom is 0.123 e. The Kier molecular flexibility index (Phi) is 3.62. The van der Waals surface area contributed by atoms with E-state index in [0.29, 0.717) is 18.0 Å². The van der Waals surface area contributed by atoms with E-state index in [2.05, 4.69) is 66.4 Å². The van der Waals surface area contributed by atoms with Gasteiger partial charge < -0.3 is 0 Å². The highest BCUT2D eigenvalue weighted by atomic mass is 79.9. The molecule has 2 fully saturated rings. The topological polar surface area (TPSA) is 3.24 Å². The molecule has 0 N–H and O–H groups in total. The van der Waals surface area contributed by atoms with Crippen LogP contribution in [0.3, 0.4) is 0 Å². The van der Waals surface area contributed by atoms with Gasteiger partial charge in [-0.3, -0.25) is 4.90 Å². The Balaban J connectivity index is 1.61. The molecule has 5 rings (SSSR count). The molecule has 0 aromatic heterocycles. The summed E-state index contributed by atoms with van der Waals surface area (Å²) in [4.78, 5) is 2.63. The first kappa shape index (κ1) is 17.6. The molecule has 1 aliphatic heterocycles. The fourth-order valence-corrected chi connectivity index (χ4v) is 7.31. The van der Waals surface area contributed by atoms with Crippen LogP contribution in [0.4, 0.5) is 4.39 Å². The third-order valence-electron chi connectivity index (χ3n) is 7.39. The number of halogens is 2. The van der Waals surface area contributed by atoms with E-state index in [1.54, 1.807) is 6.07 Å². The first-order valence-corrected chi connectivity index (χ1v) is 10.5. The molecule has 1 saturated carbocycles. The molecular formula is C24H25BrFN. The summed E-state index contributed by atoms with van der Waals surface area (Å²) >= 11 is 3.83. The number of fused-ring (bicyclic) bond motifs is 2. The molecule has 140 valence electrons. The highest BCUT2D eigenvalue weighted by Gasteiger charge is 2.86. The van der Waals surface area contributed by atoms with Crippen LogP contribution in [0.25, 0.3) is 0 Å². The van der Waals surface area contributed by atoms with E-state index in [4.69, 9.17) is 0 Å². The molecule has 3 aliphatic rings. The quantitative estimate of drug-likeness (QED) is 0.513. The fraction of sp³-hybridized carbons (Fsp3) is 0.417. The molecule has 2 aromatic carbocycles. The molecule has 1 spiro atoms. The van der Waals surface area contributed by atoms with E-state index in [9.17, 15) is 4.39 Å².